The Labute approximate surface area is 136 Å². The normalized spacial score (nSPS) is 17.7. The number of amides is 2. The van der Waals surface area contributed by atoms with Gasteiger partial charge in [-0.15, -0.1) is 0 Å². The molecule has 0 N–H and O–H groups in total. The van der Waals surface area contributed by atoms with E-state index in [0.717, 1.165) is 0 Å². The minimum Gasteiger partial charge on any atom is -0.331 e. The average Bonchev–Trinajstić information content (AvgIpc) is 2.49. The predicted octanol–water partition coefficient (Wildman–Crippen LogP) is 2.28. The summed E-state index contributed by atoms with van der Waals surface area (Å²) in [6.45, 7) is 6.49. The molecule has 5 nitrogen and oxygen atoms in total. The van der Waals surface area contributed by atoms with Gasteiger partial charge in [0, 0.05) is 51.4 Å². The number of hydrogen-bond acceptors (Lipinski definition) is 3. The van der Waals surface area contributed by atoms with Gasteiger partial charge in [0.15, 0.2) is 0 Å². The number of piperazine rings is 1. The molecule has 0 unspecified atom stereocenters. The van der Waals surface area contributed by atoms with E-state index in [0.29, 0.717) is 37.3 Å². The molecular weight excluding hydrogens is 295 g/mol. The molecule has 1 saturated heterocycles. The zero-order valence-electron chi connectivity index (χ0n) is 14.1. The molecule has 0 aliphatic carbocycles. The Morgan fingerprint density at radius 2 is 2.09 bits per heavy atom. The minimum atomic E-state index is -0.355. The number of hydrogen-bond donors (Lipinski definition) is 0. The van der Waals surface area contributed by atoms with Crippen LogP contribution < -0.4 is 0 Å². The van der Waals surface area contributed by atoms with Gasteiger partial charge in [-0.1, -0.05) is 6.07 Å². The van der Waals surface area contributed by atoms with Gasteiger partial charge >= 0.3 is 6.03 Å². The molecule has 0 spiro atoms. The number of nitriles is 1. The van der Waals surface area contributed by atoms with E-state index in [2.05, 4.69) is 18.7 Å². The second-order valence-corrected chi connectivity index (χ2v) is 6.75. The van der Waals surface area contributed by atoms with Crippen molar-refractivity contribution in [3.05, 3.63) is 35.1 Å². The number of urea groups is 1. The average molecular weight is 318 g/mol. The first-order valence-corrected chi connectivity index (χ1v) is 7.64. The van der Waals surface area contributed by atoms with Gasteiger partial charge in [-0.25, -0.2) is 9.18 Å². The van der Waals surface area contributed by atoms with Gasteiger partial charge in [0.25, 0.3) is 0 Å². The highest BCUT2D eigenvalue weighted by molar-refractivity contribution is 5.74. The highest BCUT2D eigenvalue weighted by atomic mass is 19.1. The van der Waals surface area contributed by atoms with Crippen LogP contribution in [0.3, 0.4) is 0 Å². The van der Waals surface area contributed by atoms with Crippen LogP contribution in [-0.4, -0.2) is 60.0 Å². The van der Waals surface area contributed by atoms with Crippen LogP contribution in [0.2, 0.25) is 0 Å². The van der Waals surface area contributed by atoms with Crippen molar-refractivity contribution >= 4 is 6.03 Å². The molecule has 1 aliphatic rings. The summed E-state index contributed by atoms with van der Waals surface area (Å²) in [6.07, 6.45) is 0. The van der Waals surface area contributed by atoms with Gasteiger partial charge in [-0.2, -0.15) is 5.26 Å². The Kier molecular flexibility index (Phi) is 4.90. The second kappa shape index (κ2) is 6.55. The summed E-state index contributed by atoms with van der Waals surface area (Å²) < 4.78 is 14.1. The molecule has 1 fully saturated rings. The maximum atomic E-state index is 14.1. The van der Waals surface area contributed by atoms with E-state index in [1.54, 1.807) is 31.1 Å². The van der Waals surface area contributed by atoms with Gasteiger partial charge in [-0.05, 0) is 26.0 Å². The minimum absolute atomic E-state index is 0.00211. The van der Waals surface area contributed by atoms with Crippen molar-refractivity contribution in [3.63, 3.8) is 0 Å². The fourth-order valence-corrected chi connectivity index (χ4v) is 2.88. The Balaban J connectivity index is 2.11. The number of halogens is 1. The van der Waals surface area contributed by atoms with Crippen molar-refractivity contribution in [2.45, 2.75) is 25.9 Å². The highest BCUT2D eigenvalue weighted by Gasteiger charge is 2.36. The van der Waals surface area contributed by atoms with Crippen molar-refractivity contribution in [1.29, 1.82) is 5.26 Å². The Bertz CT molecular complexity index is 636. The molecule has 124 valence electrons. The lowest BCUT2D eigenvalue weighted by atomic mass is 9.97. The van der Waals surface area contributed by atoms with Crippen molar-refractivity contribution in [3.8, 4) is 6.07 Å². The van der Waals surface area contributed by atoms with E-state index in [-0.39, 0.29) is 17.4 Å². The number of carbonyl (C=O) groups is 1. The summed E-state index contributed by atoms with van der Waals surface area (Å²) in [4.78, 5) is 17.7. The van der Waals surface area contributed by atoms with Crippen molar-refractivity contribution in [1.82, 2.24) is 14.7 Å². The first-order valence-electron chi connectivity index (χ1n) is 7.64. The molecule has 1 heterocycles. The molecule has 1 aromatic carbocycles. The molecule has 1 aromatic rings. The van der Waals surface area contributed by atoms with Crippen LogP contribution in [-0.2, 0) is 6.54 Å². The summed E-state index contributed by atoms with van der Waals surface area (Å²) >= 11 is 0. The van der Waals surface area contributed by atoms with Crippen molar-refractivity contribution in [2.75, 3.05) is 33.7 Å². The molecule has 0 atom stereocenters. The Hall–Kier alpha value is -2.13. The zero-order valence-corrected chi connectivity index (χ0v) is 14.1. The van der Waals surface area contributed by atoms with Crippen LogP contribution in [0.4, 0.5) is 9.18 Å². The standard InChI is InChI=1S/C17H23FN4O/c1-17(2)12-21(16(23)20(3)4)7-8-22(17)11-14-6-5-13(10-19)9-15(14)18/h5-6,9H,7-8,11-12H2,1-4H3. The lowest BCUT2D eigenvalue weighted by molar-refractivity contribution is 0.0239. The maximum absolute atomic E-state index is 14.1. The molecular formula is C17H23FN4O. The Morgan fingerprint density at radius 3 is 2.61 bits per heavy atom. The van der Waals surface area contributed by atoms with Crippen LogP contribution in [0.15, 0.2) is 18.2 Å². The van der Waals surface area contributed by atoms with Crippen LogP contribution in [0, 0.1) is 17.1 Å². The number of rotatable bonds is 2. The third-order valence-corrected chi connectivity index (χ3v) is 4.27. The SMILES string of the molecule is CN(C)C(=O)N1CCN(Cc2ccc(C#N)cc2F)C(C)(C)C1. The number of nitrogens with zero attached hydrogens (tertiary/aromatic N) is 4. The Morgan fingerprint density at radius 1 is 1.39 bits per heavy atom. The monoisotopic (exact) mass is 318 g/mol. The molecule has 0 bridgehead atoms. The van der Waals surface area contributed by atoms with E-state index >= 15 is 0 Å². The second-order valence-electron chi connectivity index (χ2n) is 6.75. The molecule has 6 heteroatoms. The van der Waals surface area contributed by atoms with Crippen molar-refractivity contribution in [2.24, 2.45) is 0 Å². The summed E-state index contributed by atoms with van der Waals surface area (Å²) in [7, 11) is 3.49. The quantitative estimate of drug-likeness (QED) is 0.840. The fourth-order valence-electron chi connectivity index (χ4n) is 2.88. The van der Waals surface area contributed by atoms with Crippen LogP contribution in [0.1, 0.15) is 25.0 Å². The fraction of sp³-hybridized carbons (Fsp3) is 0.529. The highest BCUT2D eigenvalue weighted by Crippen LogP contribution is 2.25. The topological polar surface area (TPSA) is 50.6 Å². The maximum Gasteiger partial charge on any atom is 0.319 e. The molecule has 0 saturated carbocycles. The molecule has 1 aliphatic heterocycles. The van der Waals surface area contributed by atoms with E-state index in [4.69, 9.17) is 5.26 Å². The zero-order chi connectivity index (χ0) is 17.2. The van der Waals surface area contributed by atoms with Gasteiger partial charge in [-0.3, -0.25) is 4.90 Å². The van der Waals surface area contributed by atoms with E-state index < -0.39 is 0 Å². The van der Waals surface area contributed by atoms with E-state index in [1.807, 2.05) is 11.0 Å². The summed E-state index contributed by atoms with van der Waals surface area (Å²) in [5.74, 6) is -0.355. The van der Waals surface area contributed by atoms with Gasteiger partial charge < -0.3 is 9.80 Å². The van der Waals surface area contributed by atoms with Crippen molar-refractivity contribution < 1.29 is 9.18 Å². The van der Waals surface area contributed by atoms with Crippen LogP contribution in [0.25, 0.3) is 0 Å². The largest absolute Gasteiger partial charge is 0.331 e. The number of carbonyl (C=O) groups excluding carboxylic acids is 1. The predicted molar refractivity (Wildman–Crippen MR) is 86.3 cm³/mol. The third-order valence-electron chi connectivity index (χ3n) is 4.27. The van der Waals surface area contributed by atoms with Crippen LogP contribution >= 0.6 is 0 Å². The first-order chi connectivity index (χ1) is 10.7. The molecule has 0 radical (unpaired) electrons. The summed E-state index contributed by atoms with van der Waals surface area (Å²) in [6, 6.07) is 6.52. The molecule has 2 amide bonds. The van der Waals surface area contributed by atoms with Gasteiger partial charge in [0.05, 0.1) is 11.6 Å². The van der Waals surface area contributed by atoms with Crippen LogP contribution in [0.5, 0.6) is 0 Å². The number of benzene rings is 1. The summed E-state index contributed by atoms with van der Waals surface area (Å²) in [5.41, 5.74) is 0.654. The van der Waals surface area contributed by atoms with Gasteiger partial charge in [0.1, 0.15) is 5.82 Å². The lowest BCUT2D eigenvalue weighted by Crippen LogP contribution is -2.61. The van der Waals surface area contributed by atoms with E-state index in [1.165, 1.54) is 6.07 Å². The molecule has 23 heavy (non-hydrogen) atoms. The molecule has 2 rings (SSSR count). The third kappa shape index (κ3) is 3.80. The molecule has 0 aromatic heterocycles. The van der Waals surface area contributed by atoms with Gasteiger partial charge in [0.2, 0.25) is 0 Å². The lowest BCUT2D eigenvalue weighted by Gasteiger charge is -2.47. The van der Waals surface area contributed by atoms with E-state index in [9.17, 15) is 9.18 Å². The first kappa shape index (κ1) is 17.2. The smallest absolute Gasteiger partial charge is 0.319 e. The summed E-state index contributed by atoms with van der Waals surface area (Å²) in [5, 5.41) is 8.81.